The van der Waals surface area contributed by atoms with Gasteiger partial charge in [-0.2, -0.15) is 0 Å². The van der Waals surface area contributed by atoms with Gasteiger partial charge in [0.15, 0.2) is 11.6 Å². The lowest BCUT2D eigenvalue weighted by atomic mass is 10.00. The van der Waals surface area contributed by atoms with Crippen molar-refractivity contribution in [3.8, 4) is 0 Å². The van der Waals surface area contributed by atoms with Gasteiger partial charge in [-0.15, -0.1) is 0 Å². The van der Waals surface area contributed by atoms with Crippen LogP contribution in [0.15, 0.2) is 36.5 Å². The fraction of sp³-hybridized carbons (Fsp3) is 0.200. The van der Waals surface area contributed by atoms with Crippen LogP contribution in [0.4, 0.5) is 10.2 Å². The summed E-state index contributed by atoms with van der Waals surface area (Å²) in [7, 11) is 0. The maximum atomic E-state index is 14.1. The van der Waals surface area contributed by atoms with E-state index in [-0.39, 0.29) is 11.4 Å². The minimum atomic E-state index is -0.781. The highest BCUT2D eigenvalue weighted by Gasteiger charge is 2.20. The molecule has 1 aromatic heterocycles. The summed E-state index contributed by atoms with van der Waals surface area (Å²) in [5.41, 5.74) is 3.87. The lowest BCUT2D eigenvalue weighted by Gasteiger charge is -2.30. The highest BCUT2D eigenvalue weighted by atomic mass is 19.1. The molecule has 1 aliphatic heterocycles. The minimum Gasteiger partial charge on any atom is -0.350 e. The van der Waals surface area contributed by atoms with Crippen LogP contribution in [0, 0.1) is 5.82 Å². The smallest absolute Gasteiger partial charge is 0.276 e. The number of nitrogens with one attached hydrogen (secondary N) is 1. The summed E-state index contributed by atoms with van der Waals surface area (Å²) in [6.45, 7) is 1.26. The van der Waals surface area contributed by atoms with Crippen LogP contribution in [0.3, 0.4) is 0 Å². The Hall–Kier alpha value is -2.47. The predicted molar refractivity (Wildman–Crippen MR) is 74.6 cm³/mol. The van der Waals surface area contributed by atoms with Gasteiger partial charge >= 0.3 is 0 Å². The number of halogens is 1. The molecular weight excluding hydrogens is 273 g/mol. The molecule has 0 spiro atoms. The van der Waals surface area contributed by atoms with Crippen LogP contribution in [-0.4, -0.2) is 22.6 Å². The lowest BCUT2D eigenvalue weighted by molar-refractivity contribution is 0.0705. The second kappa shape index (κ2) is 5.49. The first kappa shape index (κ1) is 13.5. The molecule has 108 valence electrons. The largest absolute Gasteiger partial charge is 0.350 e. The third kappa shape index (κ3) is 2.57. The molecule has 0 radical (unpaired) electrons. The first-order valence-corrected chi connectivity index (χ1v) is 6.61. The zero-order chi connectivity index (χ0) is 14.8. The number of nitrogens with zero attached hydrogens (tertiary/aromatic N) is 2. The summed E-state index contributed by atoms with van der Waals surface area (Å²) in [4.78, 5) is 17.1. The molecule has 0 unspecified atom stereocenters. The molecule has 3 rings (SSSR count). The first-order valence-electron chi connectivity index (χ1n) is 6.61. The molecule has 21 heavy (non-hydrogen) atoms. The molecule has 5 nitrogen and oxygen atoms in total. The van der Waals surface area contributed by atoms with Crippen LogP contribution in [0.25, 0.3) is 0 Å². The van der Waals surface area contributed by atoms with Crippen LogP contribution >= 0.6 is 0 Å². The number of hydrogen-bond donors (Lipinski definition) is 2. The van der Waals surface area contributed by atoms with E-state index in [0.29, 0.717) is 13.1 Å². The van der Waals surface area contributed by atoms with Gasteiger partial charge in [0.2, 0.25) is 0 Å². The third-order valence-electron chi connectivity index (χ3n) is 3.62. The van der Waals surface area contributed by atoms with Gasteiger partial charge in [-0.3, -0.25) is 10.0 Å². The fourth-order valence-corrected chi connectivity index (χ4v) is 2.53. The van der Waals surface area contributed by atoms with Crippen LogP contribution in [0.2, 0.25) is 0 Å². The third-order valence-corrected chi connectivity index (χ3v) is 3.62. The Kier molecular flexibility index (Phi) is 3.53. The Morgan fingerprint density at radius 1 is 1.33 bits per heavy atom. The standard InChI is InChI=1S/C15H14FN3O2/c16-13-7-12(15(20)18-21)8-17-14(13)19-6-5-10-3-1-2-4-11(10)9-19/h1-4,7-8,21H,5-6,9H2,(H,18,20). The number of hydrogen-bond acceptors (Lipinski definition) is 4. The number of carbonyl (C=O) groups excluding carboxylic acids is 1. The van der Waals surface area contributed by atoms with Gasteiger partial charge in [0.05, 0.1) is 5.56 Å². The Morgan fingerprint density at radius 2 is 2.10 bits per heavy atom. The molecule has 1 aliphatic rings. The van der Waals surface area contributed by atoms with Gasteiger partial charge in [-0.05, 0) is 23.6 Å². The first-order chi connectivity index (χ1) is 10.2. The molecule has 0 atom stereocenters. The maximum absolute atomic E-state index is 14.1. The number of rotatable bonds is 2. The average Bonchev–Trinajstić information content (AvgIpc) is 2.53. The number of carbonyl (C=O) groups is 1. The normalized spacial score (nSPS) is 13.7. The van der Waals surface area contributed by atoms with Crippen molar-refractivity contribution in [2.24, 2.45) is 0 Å². The Morgan fingerprint density at radius 3 is 2.81 bits per heavy atom. The topological polar surface area (TPSA) is 65.5 Å². The van der Waals surface area contributed by atoms with Crippen molar-refractivity contribution in [3.63, 3.8) is 0 Å². The molecule has 0 saturated carbocycles. The summed E-state index contributed by atoms with van der Waals surface area (Å²) in [5, 5.41) is 8.55. The van der Waals surface area contributed by atoms with Crippen molar-refractivity contribution in [3.05, 3.63) is 59.0 Å². The molecule has 1 aromatic carbocycles. The molecule has 1 amide bonds. The molecule has 0 bridgehead atoms. The van der Waals surface area contributed by atoms with E-state index >= 15 is 0 Å². The van der Waals surface area contributed by atoms with E-state index < -0.39 is 11.7 Å². The molecule has 0 fully saturated rings. The molecule has 2 heterocycles. The zero-order valence-corrected chi connectivity index (χ0v) is 11.2. The predicted octanol–water partition coefficient (Wildman–Crippen LogP) is 1.90. The number of pyridine rings is 1. The van der Waals surface area contributed by atoms with E-state index in [1.165, 1.54) is 17.2 Å². The van der Waals surface area contributed by atoms with E-state index in [1.807, 2.05) is 23.1 Å². The lowest BCUT2D eigenvalue weighted by Crippen LogP contribution is -2.32. The van der Waals surface area contributed by atoms with Crippen molar-refractivity contribution in [2.75, 3.05) is 11.4 Å². The monoisotopic (exact) mass is 287 g/mol. The second-order valence-corrected chi connectivity index (χ2v) is 4.91. The summed E-state index contributed by atoms with van der Waals surface area (Å²) >= 11 is 0. The molecule has 0 saturated heterocycles. The maximum Gasteiger partial charge on any atom is 0.276 e. The molecule has 0 aliphatic carbocycles. The highest BCUT2D eigenvalue weighted by molar-refractivity contribution is 5.93. The van der Waals surface area contributed by atoms with Crippen molar-refractivity contribution < 1.29 is 14.4 Å². The molecule has 2 aromatic rings. The average molecular weight is 287 g/mol. The summed E-state index contributed by atoms with van der Waals surface area (Å²) < 4.78 is 14.1. The Bertz CT molecular complexity index is 690. The van der Waals surface area contributed by atoms with Crippen molar-refractivity contribution in [2.45, 2.75) is 13.0 Å². The Labute approximate surface area is 121 Å². The van der Waals surface area contributed by atoms with E-state index in [4.69, 9.17) is 5.21 Å². The number of aromatic nitrogens is 1. The van der Waals surface area contributed by atoms with E-state index in [9.17, 15) is 9.18 Å². The number of anilines is 1. The summed E-state index contributed by atoms with van der Waals surface area (Å²) in [6, 6.07) is 9.13. The SMILES string of the molecule is O=C(NO)c1cnc(N2CCc3ccccc3C2)c(F)c1. The van der Waals surface area contributed by atoms with Crippen LogP contribution in [-0.2, 0) is 13.0 Å². The molecule has 2 N–H and O–H groups in total. The van der Waals surface area contributed by atoms with Gasteiger partial charge in [-0.25, -0.2) is 14.9 Å². The molecule has 6 heteroatoms. The minimum absolute atomic E-state index is 0.0174. The van der Waals surface area contributed by atoms with Gasteiger partial charge in [0, 0.05) is 19.3 Å². The van der Waals surface area contributed by atoms with E-state index in [2.05, 4.69) is 11.1 Å². The van der Waals surface area contributed by atoms with Gasteiger partial charge in [-0.1, -0.05) is 24.3 Å². The summed E-state index contributed by atoms with van der Waals surface area (Å²) in [6.07, 6.45) is 2.08. The van der Waals surface area contributed by atoms with Crippen molar-refractivity contribution in [1.29, 1.82) is 0 Å². The quantitative estimate of drug-likeness (QED) is 0.654. The van der Waals surface area contributed by atoms with Crippen LogP contribution in [0.5, 0.6) is 0 Å². The van der Waals surface area contributed by atoms with Crippen molar-refractivity contribution in [1.82, 2.24) is 10.5 Å². The Balaban J connectivity index is 1.87. The second-order valence-electron chi connectivity index (χ2n) is 4.91. The number of fused-ring (bicyclic) bond motifs is 1. The summed E-state index contributed by atoms with van der Waals surface area (Å²) in [5.74, 6) is -1.13. The van der Waals surface area contributed by atoms with Gasteiger partial charge in [0.25, 0.3) is 5.91 Å². The zero-order valence-electron chi connectivity index (χ0n) is 11.2. The van der Waals surface area contributed by atoms with E-state index in [1.54, 1.807) is 0 Å². The van der Waals surface area contributed by atoms with Gasteiger partial charge < -0.3 is 4.90 Å². The van der Waals surface area contributed by atoms with Crippen LogP contribution in [0.1, 0.15) is 21.5 Å². The number of amides is 1. The number of benzene rings is 1. The molecular formula is C15H14FN3O2. The fourth-order valence-electron chi connectivity index (χ4n) is 2.53. The van der Waals surface area contributed by atoms with Crippen molar-refractivity contribution >= 4 is 11.7 Å². The van der Waals surface area contributed by atoms with Crippen LogP contribution < -0.4 is 10.4 Å². The van der Waals surface area contributed by atoms with Gasteiger partial charge in [0.1, 0.15) is 0 Å². The number of hydroxylamine groups is 1. The van der Waals surface area contributed by atoms with E-state index in [0.717, 1.165) is 18.1 Å². The highest BCUT2D eigenvalue weighted by Crippen LogP contribution is 2.25.